The molecule has 0 saturated heterocycles. The highest BCUT2D eigenvalue weighted by Crippen LogP contribution is 2.10. The van der Waals surface area contributed by atoms with Gasteiger partial charge in [0, 0.05) is 6.54 Å². The van der Waals surface area contributed by atoms with Crippen LogP contribution in [-0.4, -0.2) is 11.1 Å². The largest absolute Gasteiger partial charge is 0.481 e. The Morgan fingerprint density at radius 1 is 1.54 bits per heavy atom. The van der Waals surface area contributed by atoms with Crippen LogP contribution in [0.4, 0.5) is 4.39 Å². The molecule has 0 aliphatic carbocycles. The summed E-state index contributed by atoms with van der Waals surface area (Å²) >= 11 is 0. The van der Waals surface area contributed by atoms with E-state index in [1.54, 1.807) is 6.07 Å². The second-order valence-corrected chi connectivity index (χ2v) is 2.70. The van der Waals surface area contributed by atoms with Gasteiger partial charge in [0.1, 0.15) is 5.82 Å². The number of halogens is 1. The molecule has 1 aromatic rings. The van der Waals surface area contributed by atoms with Crippen molar-refractivity contribution in [1.82, 2.24) is 0 Å². The fourth-order valence-electron chi connectivity index (χ4n) is 1.05. The van der Waals surface area contributed by atoms with E-state index >= 15 is 0 Å². The third-order valence-electron chi connectivity index (χ3n) is 1.69. The minimum absolute atomic E-state index is 0.176. The van der Waals surface area contributed by atoms with Gasteiger partial charge in [0.15, 0.2) is 0 Å². The van der Waals surface area contributed by atoms with Crippen LogP contribution in [0.3, 0.4) is 0 Å². The van der Waals surface area contributed by atoms with Gasteiger partial charge >= 0.3 is 5.97 Å². The first-order valence-electron chi connectivity index (χ1n) is 3.82. The van der Waals surface area contributed by atoms with Gasteiger partial charge in [0.05, 0.1) is 6.42 Å². The summed E-state index contributed by atoms with van der Waals surface area (Å²) in [5.41, 5.74) is 6.24. The van der Waals surface area contributed by atoms with E-state index in [0.29, 0.717) is 0 Å². The van der Waals surface area contributed by atoms with Gasteiger partial charge < -0.3 is 10.8 Å². The highest BCUT2D eigenvalue weighted by molar-refractivity contribution is 5.70. The van der Waals surface area contributed by atoms with Crippen LogP contribution in [0.5, 0.6) is 0 Å². The van der Waals surface area contributed by atoms with Crippen LogP contribution in [0.1, 0.15) is 11.1 Å². The molecule has 0 fully saturated rings. The van der Waals surface area contributed by atoms with Crippen molar-refractivity contribution in [1.29, 1.82) is 0 Å². The van der Waals surface area contributed by atoms with Gasteiger partial charge in [0.25, 0.3) is 0 Å². The van der Waals surface area contributed by atoms with E-state index in [0.717, 1.165) is 5.56 Å². The molecule has 0 aliphatic rings. The Balaban J connectivity index is 2.96. The summed E-state index contributed by atoms with van der Waals surface area (Å²) in [6, 6.07) is 4.25. The van der Waals surface area contributed by atoms with Crippen LogP contribution in [0.15, 0.2) is 18.2 Å². The summed E-state index contributed by atoms with van der Waals surface area (Å²) in [5, 5.41) is 8.46. The van der Waals surface area contributed by atoms with E-state index in [-0.39, 0.29) is 18.5 Å². The van der Waals surface area contributed by atoms with Crippen molar-refractivity contribution in [3.05, 3.63) is 35.1 Å². The van der Waals surface area contributed by atoms with Crippen molar-refractivity contribution >= 4 is 5.97 Å². The molecular weight excluding hydrogens is 173 g/mol. The highest BCUT2D eigenvalue weighted by Gasteiger charge is 2.06. The first-order valence-corrected chi connectivity index (χ1v) is 3.82. The van der Waals surface area contributed by atoms with Gasteiger partial charge in [-0.05, 0) is 17.2 Å². The van der Waals surface area contributed by atoms with Crippen molar-refractivity contribution in [2.45, 2.75) is 13.0 Å². The van der Waals surface area contributed by atoms with Gasteiger partial charge in [-0.3, -0.25) is 4.79 Å². The quantitative estimate of drug-likeness (QED) is 0.732. The SMILES string of the molecule is NCc1ccc(F)c(CC(=O)O)c1. The molecule has 0 atom stereocenters. The fraction of sp³-hybridized carbons (Fsp3) is 0.222. The molecule has 0 aliphatic heterocycles. The molecule has 0 aromatic heterocycles. The molecule has 0 spiro atoms. The maximum atomic E-state index is 13.0. The Labute approximate surface area is 75.0 Å². The van der Waals surface area contributed by atoms with Crippen LogP contribution in [-0.2, 0) is 17.8 Å². The standard InChI is InChI=1S/C9H10FNO2/c10-8-2-1-6(5-11)3-7(8)4-9(12)13/h1-3H,4-5,11H2,(H,12,13). The summed E-state index contributed by atoms with van der Waals surface area (Å²) in [7, 11) is 0. The van der Waals surface area contributed by atoms with Crippen LogP contribution in [0.25, 0.3) is 0 Å². The van der Waals surface area contributed by atoms with Crippen molar-refractivity contribution in [3.8, 4) is 0 Å². The Hall–Kier alpha value is -1.42. The molecular formula is C9H10FNO2. The Bertz CT molecular complexity index is 325. The van der Waals surface area contributed by atoms with E-state index in [2.05, 4.69) is 0 Å². The van der Waals surface area contributed by atoms with E-state index < -0.39 is 11.8 Å². The lowest BCUT2D eigenvalue weighted by atomic mass is 10.1. The molecule has 0 amide bonds. The van der Waals surface area contributed by atoms with Crippen molar-refractivity contribution in [2.24, 2.45) is 5.73 Å². The number of carbonyl (C=O) groups is 1. The third-order valence-corrected chi connectivity index (χ3v) is 1.69. The van der Waals surface area contributed by atoms with Gasteiger partial charge in [-0.25, -0.2) is 4.39 Å². The molecule has 4 heteroatoms. The Morgan fingerprint density at radius 3 is 2.77 bits per heavy atom. The zero-order valence-corrected chi connectivity index (χ0v) is 6.96. The molecule has 0 bridgehead atoms. The van der Waals surface area contributed by atoms with Crippen LogP contribution < -0.4 is 5.73 Å². The topological polar surface area (TPSA) is 63.3 Å². The molecule has 3 nitrogen and oxygen atoms in total. The molecule has 3 N–H and O–H groups in total. The average molecular weight is 183 g/mol. The second-order valence-electron chi connectivity index (χ2n) is 2.70. The normalized spacial score (nSPS) is 10.0. The fourth-order valence-corrected chi connectivity index (χ4v) is 1.05. The number of aliphatic carboxylic acids is 1. The first-order chi connectivity index (χ1) is 6.13. The van der Waals surface area contributed by atoms with E-state index in [4.69, 9.17) is 10.8 Å². The van der Waals surface area contributed by atoms with E-state index in [1.807, 2.05) is 0 Å². The zero-order valence-electron chi connectivity index (χ0n) is 6.96. The lowest BCUT2D eigenvalue weighted by Gasteiger charge is -2.02. The lowest BCUT2D eigenvalue weighted by Crippen LogP contribution is -2.04. The molecule has 1 aromatic carbocycles. The van der Waals surface area contributed by atoms with Gasteiger partial charge in [-0.15, -0.1) is 0 Å². The van der Waals surface area contributed by atoms with Gasteiger partial charge in [-0.2, -0.15) is 0 Å². The van der Waals surface area contributed by atoms with Crippen molar-refractivity contribution < 1.29 is 14.3 Å². The Morgan fingerprint density at radius 2 is 2.23 bits per heavy atom. The van der Waals surface area contributed by atoms with Crippen LogP contribution in [0.2, 0.25) is 0 Å². The number of carboxylic acids is 1. The second kappa shape index (κ2) is 4.00. The van der Waals surface area contributed by atoms with Crippen LogP contribution in [0, 0.1) is 5.82 Å². The monoisotopic (exact) mass is 183 g/mol. The maximum absolute atomic E-state index is 13.0. The number of nitrogens with two attached hydrogens (primary N) is 1. The van der Waals surface area contributed by atoms with Gasteiger partial charge in [0.2, 0.25) is 0 Å². The maximum Gasteiger partial charge on any atom is 0.307 e. The van der Waals surface area contributed by atoms with Crippen molar-refractivity contribution in [3.63, 3.8) is 0 Å². The Kier molecular flexibility index (Phi) is 2.97. The summed E-state index contributed by atoms with van der Waals surface area (Å²) in [6.45, 7) is 0.285. The molecule has 0 saturated carbocycles. The molecule has 70 valence electrons. The van der Waals surface area contributed by atoms with Crippen LogP contribution >= 0.6 is 0 Å². The zero-order chi connectivity index (χ0) is 9.84. The number of hydrogen-bond acceptors (Lipinski definition) is 2. The minimum atomic E-state index is -1.05. The molecule has 1 rings (SSSR count). The van der Waals surface area contributed by atoms with E-state index in [9.17, 15) is 9.18 Å². The molecule has 0 radical (unpaired) electrons. The predicted molar refractivity (Wildman–Crippen MR) is 45.6 cm³/mol. The summed E-state index contributed by atoms with van der Waals surface area (Å²) < 4.78 is 13.0. The summed E-state index contributed by atoms with van der Waals surface area (Å²) in [5.74, 6) is -1.55. The average Bonchev–Trinajstić information content (AvgIpc) is 2.08. The number of hydrogen-bond donors (Lipinski definition) is 2. The summed E-state index contributed by atoms with van der Waals surface area (Å²) in [4.78, 5) is 10.3. The predicted octanol–water partition coefficient (Wildman–Crippen LogP) is 0.911. The highest BCUT2D eigenvalue weighted by atomic mass is 19.1. The molecule has 0 unspecified atom stereocenters. The number of carboxylic acid groups (broad SMARTS) is 1. The smallest absolute Gasteiger partial charge is 0.307 e. The van der Waals surface area contributed by atoms with Crippen molar-refractivity contribution in [2.75, 3.05) is 0 Å². The summed E-state index contributed by atoms with van der Waals surface area (Å²) in [6.07, 6.45) is -0.306. The third kappa shape index (κ3) is 2.52. The lowest BCUT2D eigenvalue weighted by molar-refractivity contribution is -0.136. The number of rotatable bonds is 3. The molecule has 0 heterocycles. The minimum Gasteiger partial charge on any atom is -0.481 e. The molecule has 13 heavy (non-hydrogen) atoms. The van der Waals surface area contributed by atoms with E-state index in [1.165, 1.54) is 12.1 Å². The number of benzene rings is 1. The van der Waals surface area contributed by atoms with Gasteiger partial charge in [-0.1, -0.05) is 12.1 Å². The first kappa shape index (κ1) is 9.67.